The van der Waals surface area contributed by atoms with Gasteiger partial charge in [-0.25, -0.2) is 4.79 Å². The number of para-hydroxylation sites is 1. The minimum absolute atomic E-state index is 0.158. The van der Waals surface area contributed by atoms with Gasteiger partial charge >= 0.3 is 5.97 Å². The van der Waals surface area contributed by atoms with Crippen LogP contribution in [-0.4, -0.2) is 23.6 Å². The van der Waals surface area contributed by atoms with Crippen molar-refractivity contribution in [2.45, 2.75) is 13.5 Å². The summed E-state index contributed by atoms with van der Waals surface area (Å²) in [7, 11) is 1.27. The average molecular weight is 379 g/mol. The third kappa shape index (κ3) is 4.07. The van der Waals surface area contributed by atoms with Gasteiger partial charge in [0.15, 0.2) is 0 Å². The molecule has 0 radical (unpaired) electrons. The molecule has 0 bridgehead atoms. The maximum Gasteiger partial charge on any atom is 0.339 e. The summed E-state index contributed by atoms with van der Waals surface area (Å²) in [6.45, 7) is 1.67. The van der Waals surface area contributed by atoms with Crippen LogP contribution in [0, 0.1) is 6.92 Å². The largest absolute Gasteiger partial charge is 0.465 e. The number of pyridine rings is 1. The number of methoxy groups -OCH3 is 1. The molecule has 0 spiro atoms. The number of aromatic nitrogens is 1. The van der Waals surface area contributed by atoms with Gasteiger partial charge in [-0.1, -0.05) is 12.1 Å². The summed E-state index contributed by atoms with van der Waals surface area (Å²) in [5.41, 5.74) is 1.14. The van der Waals surface area contributed by atoms with E-state index in [1.165, 1.54) is 11.7 Å². The molecule has 120 valence electrons. The van der Waals surface area contributed by atoms with Crippen LogP contribution < -0.4 is 10.9 Å². The zero-order valence-corrected chi connectivity index (χ0v) is 14.2. The fourth-order valence-electron chi connectivity index (χ4n) is 2.08. The second kappa shape index (κ2) is 7.23. The van der Waals surface area contributed by atoms with Crippen LogP contribution >= 0.6 is 15.9 Å². The molecule has 0 aliphatic rings. The number of benzene rings is 1. The number of aryl methyl sites for hydroxylation is 1. The summed E-state index contributed by atoms with van der Waals surface area (Å²) in [6, 6.07) is 8.20. The van der Waals surface area contributed by atoms with Gasteiger partial charge in [-0.05, 0) is 46.6 Å². The minimum Gasteiger partial charge on any atom is -0.465 e. The molecule has 1 heterocycles. The number of nitrogens with zero attached hydrogens (tertiary/aromatic N) is 1. The second-order valence-electron chi connectivity index (χ2n) is 4.88. The number of anilines is 1. The van der Waals surface area contributed by atoms with Crippen molar-refractivity contribution >= 4 is 33.5 Å². The summed E-state index contributed by atoms with van der Waals surface area (Å²) < 4.78 is 6.37. The van der Waals surface area contributed by atoms with Gasteiger partial charge < -0.3 is 14.6 Å². The highest BCUT2D eigenvalue weighted by Crippen LogP contribution is 2.16. The monoisotopic (exact) mass is 378 g/mol. The number of rotatable bonds is 4. The number of amides is 1. The number of hydrogen-bond donors (Lipinski definition) is 1. The third-order valence-electron chi connectivity index (χ3n) is 3.10. The molecule has 7 heteroatoms. The Morgan fingerprint density at radius 1 is 1.30 bits per heavy atom. The zero-order valence-electron chi connectivity index (χ0n) is 12.6. The van der Waals surface area contributed by atoms with Crippen LogP contribution in [0.4, 0.5) is 5.69 Å². The van der Waals surface area contributed by atoms with Gasteiger partial charge in [0.1, 0.15) is 6.54 Å². The summed E-state index contributed by atoms with van der Waals surface area (Å²) in [5.74, 6) is -0.961. The number of carbonyl (C=O) groups is 2. The highest BCUT2D eigenvalue weighted by molar-refractivity contribution is 9.10. The van der Waals surface area contributed by atoms with Gasteiger partial charge in [-0.15, -0.1) is 0 Å². The molecular weight excluding hydrogens is 364 g/mol. The maximum atomic E-state index is 12.2. The first-order chi connectivity index (χ1) is 10.9. The van der Waals surface area contributed by atoms with Gasteiger partial charge in [0.25, 0.3) is 5.56 Å². The number of carbonyl (C=O) groups excluding carboxylic acids is 2. The van der Waals surface area contributed by atoms with Gasteiger partial charge in [0.2, 0.25) is 5.91 Å². The van der Waals surface area contributed by atoms with Gasteiger partial charge in [-0.2, -0.15) is 0 Å². The smallest absolute Gasteiger partial charge is 0.339 e. The molecule has 0 atom stereocenters. The summed E-state index contributed by atoms with van der Waals surface area (Å²) in [6.07, 6.45) is 1.60. The lowest BCUT2D eigenvalue weighted by molar-refractivity contribution is -0.116. The molecule has 2 aromatic rings. The van der Waals surface area contributed by atoms with Crippen molar-refractivity contribution in [2.75, 3.05) is 12.4 Å². The fourth-order valence-corrected chi connectivity index (χ4v) is 2.67. The lowest BCUT2D eigenvalue weighted by Gasteiger charge is -2.11. The highest BCUT2D eigenvalue weighted by atomic mass is 79.9. The average Bonchev–Trinajstić information content (AvgIpc) is 2.51. The first-order valence-corrected chi connectivity index (χ1v) is 7.55. The van der Waals surface area contributed by atoms with Crippen molar-refractivity contribution in [3.63, 3.8) is 0 Å². The molecule has 23 heavy (non-hydrogen) atoms. The molecule has 0 aliphatic carbocycles. The maximum absolute atomic E-state index is 12.2. The van der Waals surface area contributed by atoms with Crippen molar-refractivity contribution in [1.82, 2.24) is 4.57 Å². The van der Waals surface area contributed by atoms with E-state index in [0.29, 0.717) is 10.2 Å². The third-order valence-corrected chi connectivity index (χ3v) is 3.67. The van der Waals surface area contributed by atoms with Gasteiger partial charge in [-0.3, -0.25) is 9.59 Å². The Hall–Kier alpha value is -2.41. The molecule has 2 rings (SSSR count). The van der Waals surface area contributed by atoms with Crippen molar-refractivity contribution in [3.8, 4) is 0 Å². The van der Waals surface area contributed by atoms with Gasteiger partial charge in [0, 0.05) is 6.20 Å². The summed E-state index contributed by atoms with van der Waals surface area (Å²) >= 11 is 3.17. The lowest BCUT2D eigenvalue weighted by Crippen LogP contribution is -2.28. The minimum atomic E-state index is -0.545. The molecule has 1 N–H and O–H groups in total. The van der Waals surface area contributed by atoms with Crippen LogP contribution in [-0.2, 0) is 16.1 Å². The number of hydrogen-bond acceptors (Lipinski definition) is 4. The van der Waals surface area contributed by atoms with E-state index in [1.807, 2.05) is 6.92 Å². The molecule has 0 saturated carbocycles. The molecule has 0 aliphatic heterocycles. The molecule has 0 unspecified atom stereocenters. The Balaban J connectivity index is 2.22. The van der Waals surface area contributed by atoms with E-state index < -0.39 is 11.9 Å². The highest BCUT2D eigenvalue weighted by Gasteiger charge is 2.14. The lowest BCUT2D eigenvalue weighted by atomic mass is 10.2. The second-order valence-corrected chi connectivity index (χ2v) is 5.74. The van der Waals surface area contributed by atoms with Crippen LogP contribution in [0.15, 0.2) is 45.8 Å². The predicted octanol–water partition coefficient (Wildman–Crippen LogP) is 2.34. The first kappa shape index (κ1) is 17.0. The van der Waals surface area contributed by atoms with Crippen LogP contribution in [0.1, 0.15) is 15.9 Å². The molecular formula is C16H15BrN2O4. The van der Waals surface area contributed by atoms with Crippen LogP contribution in [0.3, 0.4) is 0 Å². The van der Waals surface area contributed by atoms with Crippen molar-refractivity contribution in [2.24, 2.45) is 0 Å². The Bertz CT molecular complexity index is 814. The van der Waals surface area contributed by atoms with E-state index in [4.69, 9.17) is 0 Å². The van der Waals surface area contributed by atoms with Crippen molar-refractivity contribution in [3.05, 3.63) is 62.5 Å². The SMILES string of the molecule is COC(=O)c1ccccc1NC(=O)Cn1cc(C)cc(Br)c1=O. The van der Waals surface area contributed by atoms with Crippen LogP contribution in [0.5, 0.6) is 0 Å². The Labute approximate surface area is 141 Å². The Morgan fingerprint density at radius 2 is 2.00 bits per heavy atom. The van der Waals surface area contributed by atoms with Gasteiger partial charge in [0.05, 0.1) is 22.8 Å². The van der Waals surface area contributed by atoms with Crippen molar-refractivity contribution < 1.29 is 14.3 Å². The fraction of sp³-hybridized carbons (Fsp3) is 0.188. The van der Waals surface area contributed by atoms with Crippen molar-refractivity contribution in [1.29, 1.82) is 0 Å². The molecule has 0 fully saturated rings. The Kier molecular flexibility index (Phi) is 5.33. The van der Waals surface area contributed by atoms with E-state index in [2.05, 4.69) is 26.0 Å². The van der Waals surface area contributed by atoms with E-state index in [1.54, 1.807) is 36.5 Å². The topological polar surface area (TPSA) is 77.4 Å². The normalized spacial score (nSPS) is 10.2. The standard InChI is InChI=1S/C16H15BrN2O4/c1-10-7-12(17)15(21)19(8-10)9-14(20)18-13-6-4-3-5-11(13)16(22)23-2/h3-8H,9H2,1-2H3,(H,18,20). The van der Waals surface area contributed by atoms with Crippen LogP contribution in [0.25, 0.3) is 0 Å². The van der Waals surface area contributed by atoms with Crippen LogP contribution in [0.2, 0.25) is 0 Å². The predicted molar refractivity (Wildman–Crippen MR) is 89.6 cm³/mol. The zero-order chi connectivity index (χ0) is 17.0. The number of esters is 1. The number of ether oxygens (including phenoxy) is 1. The van der Waals surface area contributed by atoms with E-state index in [-0.39, 0.29) is 17.7 Å². The molecule has 1 aromatic heterocycles. The van der Waals surface area contributed by atoms with E-state index in [9.17, 15) is 14.4 Å². The molecule has 1 aromatic carbocycles. The molecule has 0 saturated heterocycles. The molecule has 1 amide bonds. The summed E-state index contributed by atoms with van der Waals surface area (Å²) in [4.78, 5) is 35.9. The number of nitrogens with one attached hydrogen (secondary N) is 1. The summed E-state index contributed by atoms with van der Waals surface area (Å²) in [5, 5.41) is 2.63. The quantitative estimate of drug-likeness (QED) is 0.828. The van der Waals surface area contributed by atoms with E-state index >= 15 is 0 Å². The number of halogens is 1. The molecule has 6 nitrogen and oxygen atoms in total. The Morgan fingerprint density at radius 3 is 2.70 bits per heavy atom. The first-order valence-electron chi connectivity index (χ1n) is 6.76. The van der Waals surface area contributed by atoms with E-state index in [0.717, 1.165) is 5.56 Å².